The molecule has 0 aromatic heterocycles. The molecular weight excluding hydrogens is 286 g/mol. The number of hydrogen-bond donors (Lipinski definition) is 2. The van der Waals surface area contributed by atoms with Crippen molar-refractivity contribution < 1.29 is 27.8 Å². The van der Waals surface area contributed by atoms with Gasteiger partial charge in [-0.3, -0.25) is 0 Å². The Bertz CT molecular complexity index is 471. The van der Waals surface area contributed by atoms with Crippen molar-refractivity contribution in [1.29, 1.82) is 0 Å². The molecule has 1 rings (SSSR count). The molecular formula is C13H18F2N2O4. The van der Waals surface area contributed by atoms with E-state index in [1.54, 1.807) is 13.0 Å². The molecule has 0 bridgehead atoms. The number of alkyl halides is 2. The largest absolute Gasteiger partial charge is 0.493 e. The van der Waals surface area contributed by atoms with E-state index >= 15 is 0 Å². The Balaban J connectivity index is 2.96. The molecule has 118 valence electrons. The molecule has 1 aromatic rings. The second-order valence-electron chi connectivity index (χ2n) is 3.94. The first-order chi connectivity index (χ1) is 10.0. The highest BCUT2D eigenvalue weighted by atomic mass is 19.3. The van der Waals surface area contributed by atoms with Crippen LogP contribution in [0.25, 0.3) is 0 Å². The zero-order valence-corrected chi connectivity index (χ0v) is 11.8. The predicted molar refractivity (Wildman–Crippen MR) is 71.6 cm³/mol. The fourth-order valence-electron chi connectivity index (χ4n) is 1.69. The van der Waals surface area contributed by atoms with Gasteiger partial charge in [0.25, 0.3) is 0 Å². The molecule has 0 aliphatic rings. The highest BCUT2D eigenvalue weighted by molar-refractivity contribution is 5.68. The van der Waals surface area contributed by atoms with Gasteiger partial charge in [0.2, 0.25) is 0 Å². The zero-order valence-electron chi connectivity index (χ0n) is 11.8. The normalized spacial score (nSPS) is 11.9. The lowest BCUT2D eigenvalue weighted by Crippen LogP contribution is -2.33. The summed E-state index contributed by atoms with van der Waals surface area (Å²) in [5.41, 5.74) is 6.08. The van der Waals surface area contributed by atoms with Gasteiger partial charge in [0.05, 0.1) is 19.8 Å². The average Bonchev–Trinajstić information content (AvgIpc) is 2.44. The Labute approximate surface area is 121 Å². The first-order valence-corrected chi connectivity index (χ1v) is 6.27. The van der Waals surface area contributed by atoms with Crippen molar-refractivity contribution >= 4 is 6.09 Å². The average molecular weight is 304 g/mol. The Hall–Kier alpha value is -2.09. The number of carbonyl (C=O) groups excluding carboxylic acids is 1. The molecule has 0 heterocycles. The lowest BCUT2D eigenvalue weighted by molar-refractivity contribution is -0.0512. The number of carbonyl (C=O) groups is 1. The number of ether oxygens (including phenoxy) is 3. The summed E-state index contributed by atoms with van der Waals surface area (Å²) in [6, 6.07) is 3.81. The number of rotatable bonds is 7. The van der Waals surface area contributed by atoms with E-state index in [-0.39, 0.29) is 24.7 Å². The maximum atomic E-state index is 12.4. The Morgan fingerprint density at radius 1 is 1.38 bits per heavy atom. The fourth-order valence-corrected chi connectivity index (χ4v) is 1.69. The van der Waals surface area contributed by atoms with Gasteiger partial charge >= 0.3 is 12.7 Å². The van der Waals surface area contributed by atoms with Crippen LogP contribution in [0, 0.1) is 0 Å². The number of methoxy groups -OCH3 is 1. The Kier molecular flexibility index (Phi) is 6.67. The third-order valence-electron chi connectivity index (χ3n) is 2.61. The van der Waals surface area contributed by atoms with Crippen LogP contribution in [0.3, 0.4) is 0 Å². The maximum Gasteiger partial charge on any atom is 0.407 e. The molecule has 3 N–H and O–H groups in total. The van der Waals surface area contributed by atoms with Crippen molar-refractivity contribution in [3.05, 3.63) is 23.8 Å². The molecule has 0 aliphatic heterocycles. The number of nitrogens with one attached hydrogen (secondary N) is 1. The van der Waals surface area contributed by atoms with Crippen LogP contribution >= 0.6 is 0 Å². The van der Waals surface area contributed by atoms with E-state index in [4.69, 9.17) is 15.2 Å². The number of nitrogens with two attached hydrogens (primary N) is 1. The van der Waals surface area contributed by atoms with Crippen molar-refractivity contribution in [3.63, 3.8) is 0 Å². The molecule has 8 heteroatoms. The summed E-state index contributed by atoms with van der Waals surface area (Å²) in [5, 5.41) is 2.53. The van der Waals surface area contributed by atoms with Crippen LogP contribution in [0.4, 0.5) is 13.6 Å². The Morgan fingerprint density at radius 2 is 2.10 bits per heavy atom. The van der Waals surface area contributed by atoms with Gasteiger partial charge in [-0.25, -0.2) is 4.79 Å². The van der Waals surface area contributed by atoms with Crippen LogP contribution in [0.2, 0.25) is 0 Å². The smallest absolute Gasteiger partial charge is 0.407 e. The van der Waals surface area contributed by atoms with E-state index in [1.165, 1.54) is 19.2 Å². The van der Waals surface area contributed by atoms with Crippen LogP contribution in [0.1, 0.15) is 18.5 Å². The second-order valence-corrected chi connectivity index (χ2v) is 3.94. The van der Waals surface area contributed by atoms with Gasteiger partial charge in [-0.1, -0.05) is 6.07 Å². The number of amides is 1. The standard InChI is InChI=1S/C13H18F2N2O4/c1-3-20-13(18)17-9(7-16)8-4-5-10(19-2)11(6-8)21-12(14)15/h4-6,9,12H,3,7,16H2,1-2H3,(H,17,18). The van der Waals surface area contributed by atoms with Gasteiger partial charge in [-0.2, -0.15) is 8.78 Å². The summed E-state index contributed by atoms with van der Waals surface area (Å²) in [7, 11) is 1.34. The number of benzene rings is 1. The molecule has 0 aliphatic carbocycles. The summed E-state index contributed by atoms with van der Waals surface area (Å²) >= 11 is 0. The van der Waals surface area contributed by atoms with Crippen molar-refractivity contribution in [1.82, 2.24) is 5.32 Å². The third-order valence-corrected chi connectivity index (χ3v) is 2.61. The van der Waals surface area contributed by atoms with E-state index in [9.17, 15) is 13.6 Å². The van der Waals surface area contributed by atoms with E-state index in [1.807, 2.05) is 0 Å². The van der Waals surface area contributed by atoms with Crippen LogP contribution in [0.5, 0.6) is 11.5 Å². The molecule has 21 heavy (non-hydrogen) atoms. The van der Waals surface area contributed by atoms with Gasteiger partial charge in [-0.05, 0) is 24.6 Å². The number of hydrogen-bond acceptors (Lipinski definition) is 5. The monoisotopic (exact) mass is 304 g/mol. The molecule has 1 atom stereocenters. The summed E-state index contributed by atoms with van der Waals surface area (Å²) in [5.74, 6) is 0.0278. The topological polar surface area (TPSA) is 82.8 Å². The molecule has 0 radical (unpaired) electrons. The van der Waals surface area contributed by atoms with E-state index in [0.29, 0.717) is 5.56 Å². The minimum atomic E-state index is -2.98. The van der Waals surface area contributed by atoms with Crippen molar-refractivity contribution in [2.24, 2.45) is 5.73 Å². The molecule has 0 fully saturated rings. The molecule has 1 unspecified atom stereocenters. The number of halogens is 2. The van der Waals surface area contributed by atoms with Crippen LogP contribution in [-0.2, 0) is 4.74 Å². The van der Waals surface area contributed by atoms with Gasteiger partial charge in [0.15, 0.2) is 11.5 Å². The summed E-state index contributed by atoms with van der Waals surface area (Å²) < 4.78 is 38.8. The quantitative estimate of drug-likeness (QED) is 0.805. The van der Waals surface area contributed by atoms with E-state index in [0.717, 1.165) is 0 Å². The second kappa shape index (κ2) is 8.25. The minimum Gasteiger partial charge on any atom is -0.493 e. The van der Waals surface area contributed by atoms with Gasteiger partial charge in [0.1, 0.15) is 0 Å². The highest BCUT2D eigenvalue weighted by Crippen LogP contribution is 2.31. The molecule has 1 aromatic carbocycles. The fraction of sp³-hybridized carbons (Fsp3) is 0.462. The summed E-state index contributed by atoms with van der Waals surface area (Å²) in [6.07, 6.45) is -0.639. The van der Waals surface area contributed by atoms with Gasteiger partial charge < -0.3 is 25.3 Å². The molecule has 0 spiro atoms. The summed E-state index contributed by atoms with van der Waals surface area (Å²) in [6.45, 7) is -1.03. The van der Waals surface area contributed by atoms with E-state index in [2.05, 4.69) is 10.1 Å². The van der Waals surface area contributed by atoms with Gasteiger partial charge in [0, 0.05) is 6.54 Å². The van der Waals surface area contributed by atoms with Crippen molar-refractivity contribution in [3.8, 4) is 11.5 Å². The van der Waals surface area contributed by atoms with Crippen LogP contribution in [0.15, 0.2) is 18.2 Å². The molecule has 1 amide bonds. The first-order valence-electron chi connectivity index (χ1n) is 6.27. The highest BCUT2D eigenvalue weighted by Gasteiger charge is 2.17. The first kappa shape index (κ1) is 17.0. The van der Waals surface area contributed by atoms with Gasteiger partial charge in [-0.15, -0.1) is 0 Å². The maximum absolute atomic E-state index is 12.4. The zero-order chi connectivity index (χ0) is 15.8. The lowest BCUT2D eigenvalue weighted by atomic mass is 10.1. The summed E-state index contributed by atoms with van der Waals surface area (Å²) in [4.78, 5) is 11.4. The van der Waals surface area contributed by atoms with Crippen molar-refractivity contribution in [2.45, 2.75) is 19.6 Å². The lowest BCUT2D eigenvalue weighted by Gasteiger charge is -2.19. The minimum absolute atomic E-state index is 0.0687. The third kappa shape index (κ3) is 5.07. The SMILES string of the molecule is CCOC(=O)NC(CN)c1ccc(OC)c(OC(F)F)c1. The molecule has 0 saturated carbocycles. The predicted octanol–water partition coefficient (Wildman–Crippen LogP) is 2.04. The molecule has 0 saturated heterocycles. The van der Waals surface area contributed by atoms with Crippen LogP contribution in [-0.4, -0.2) is 33.0 Å². The Morgan fingerprint density at radius 3 is 2.62 bits per heavy atom. The van der Waals surface area contributed by atoms with Crippen LogP contribution < -0.4 is 20.5 Å². The molecule has 6 nitrogen and oxygen atoms in total. The van der Waals surface area contributed by atoms with E-state index < -0.39 is 18.7 Å². The number of alkyl carbamates (subject to hydrolysis) is 1. The van der Waals surface area contributed by atoms with Crippen molar-refractivity contribution in [2.75, 3.05) is 20.3 Å².